The molecule has 0 aromatic carbocycles. The van der Waals surface area contributed by atoms with Crippen LogP contribution >= 0.6 is 22.9 Å². The van der Waals surface area contributed by atoms with E-state index < -0.39 is 0 Å². The minimum absolute atomic E-state index is 0.0175. The normalized spacial score (nSPS) is 12.5. The number of nitrogens with two attached hydrogens (primary N) is 1. The SMILES string of the molecule is COC(=O)CCCCC(N)c1cc(C)c(Cl)s1. The van der Waals surface area contributed by atoms with Crippen LogP contribution in [0.15, 0.2) is 6.07 Å². The van der Waals surface area contributed by atoms with Crippen molar-refractivity contribution >= 4 is 28.9 Å². The lowest BCUT2D eigenvalue weighted by atomic mass is 10.1. The Balaban J connectivity index is 2.30. The number of carbonyl (C=O) groups excluding carboxylic acids is 1. The van der Waals surface area contributed by atoms with Gasteiger partial charge >= 0.3 is 5.97 Å². The van der Waals surface area contributed by atoms with Crippen LogP contribution in [0.1, 0.15) is 42.2 Å². The molecule has 2 N–H and O–H groups in total. The van der Waals surface area contributed by atoms with Gasteiger partial charge in [0, 0.05) is 17.3 Å². The molecule has 1 unspecified atom stereocenters. The van der Waals surface area contributed by atoms with Gasteiger partial charge in [-0.25, -0.2) is 0 Å². The first-order chi connectivity index (χ1) is 8.04. The fourth-order valence-electron chi connectivity index (χ4n) is 1.54. The maximum atomic E-state index is 10.9. The molecule has 0 spiro atoms. The van der Waals surface area contributed by atoms with Gasteiger partial charge in [0.2, 0.25) is 0 Å². The summed E-state index contributed by atoms with van der Waals surface area (Å²) >= 11 is 7.54. The van der Waals surface area contributed by atoms with Crippen LogP contribution in [0.3, 0.4) is 0 Å². The summed E-state index contributed by atoms with van der Waals surface area (Å²) in [7, 11) is 1.41. The van der Waals surface area contributed by atoms with E-state index in [1.54, 1.807) is 11.3 Å². The Kier molecular flexibility index (Phi) is 5.95. The van der Waals surface area contributed by atoms with Crippen LogP contribution in [0, 0.1) is 6.92 Å². The molecule has 1 aromatic rings. The van der Waals surface area contributed by atoms with Crippen LogP contribution < -0.4 is 5.73 Å². The van der Waals surface area contributed by atoms with Gasteiger partial charge < -0.3 is 10.5 Å². The van der Waals surface area contributed by atoms with Crippen LogP contribution in [0.25, 0.3) is 0 Å². The van der Waals surface area contributed by atoms with E-state index in [0.717, 1.165) is 34.0 Å². The third kappa shape index (κ3) is 4.66. The number of esters is 1. The fraction of sp³-hybridized carbons (Fsp3) is 0.583. The molecule has 1 atom stereocenters. The van der Waals surface area contributed by atoms with E-state index in [1.165, 1.54) is 7.11 Å². The standard InChI is InChI=1S/C12H18ClNO2S/c1-8-7-10(17-12(8)13)9(14)5-3-4-6-11(15)16-2/h7,9H,3-6,14H2,1-2H3. The average Bonchev–Trinajstić information content (AvgIpc) is 2.64. The van der Waals surface area contributed by atoms with Gasteiger partial charge in [0.1, 0.15) is 0 Å². The van der Waals surface area contributed by atoms with E-state index in [9.17, 15) is 4.79 Å². The first-order valence-corrected chi connectivity index (χ1v) is 6.82. The monoisotopic (exact) mass is 275 g/mol. The highest BCUT2D eigenvalue weighted by Gasteiger charge is 2.11. The molecule has 17 heavy (non-hydrogen) atoms. The zero-order valence-electron chi connectivity index (χ0n) is 10.2. The fourth-order valence-corrected chi connectivity index (χ4v) is 2.80. The molecule has 0 fully saturated rings. The first-order valence-electron chi connectivity index (χ1n) is 5.62. The number of carbonyl (C=O) groups is 1. The highest BCUT2D eigenvalue weighted by atomic mass is 35.5. The van der Waals surface area contributed by atoms with Gasteiger partial charge in [-0.2, -0.15) is 0 Å². The molecule has 0 aliphatic rings. The highest BCUT2D eigenvalue weighted by Crippen LogP contribution is 2.31. The maximum absolute atomic E-state index is 10.9. The number of ether oxygens (including phenoxy) is 1. The van der Waals surface area contributed by atoms with Gasteiger partial charge in [0.05, 0.1) is 11.4 Å². The Morgan fingerprint density at radius 2 is 2.29 bits per heavy atom. The Hall–Kier alpha value is -0.580. The molecule has 5 heteroatoms. The molecule has 3 nitrogen and oxygen atoms in total. The van der Waals surface area contributed by atoms with Crippen molar-refractivity contribution in [2.75, 3.05) is 7.11 Å². The smallest absolute Gasteiger partial charge is 0.305 e. The summed E-state index contributed by atoms with van der Waals surface area (Å²) in [4.78, 5) is 12.0. The molecular weight excluding hydrogens is 258 g/mol. The van der Waals surface area contributed by atoms with Crippen LogP contribution in [0.2, 0.25) is 4.34 Å². The largest absolute Gasteiger partial charge is 0.469 e. The number of aryl methyl sites for hydroxylation is 1. The highest BCUT2D eigenvalue weighted by molar-refractivity contribution is 7.16. The van der Waals surface area contributed by atoms with Crippen molar-refractivity contribution in [3.05, 3.63) is 20.8 Å². The Labute approximate surface area is 111 Å². The molecular formula is C12H18ClNO2S. The number of hydrogen-bond acceptors (Lipinski definition) is 4. The zero-order chi connectivity index (χ0) is 12.8. The molecule has 1 rings (SSSR count). The lowest BCUT2D eigenvalue weighted by Gasteiger charge is -2.08. The molecule has 0 radical (unpaired) electrons. The Morgan fingerprint density at radius 1 is 1.59 bits per heavy atom. The van der Waals surface area contributed by atoms with E-state index >= 15 is 0 Å². The summed E-state index contributed by atoms with van der Waals surface area (Å²) in [5.41, 5.74) is 7.14. The topological polar surface area (TPSA) is 52.3 Å². The minimum atomic E-state index is -0.159. The third-order valence-electron chi connectivity index (χ3n) is 2.62. The molecule has 1 heterocycles. The van der Waals surface area contributed by atoms with Gasteiger partial charge in [0.15, 0.2) is 0 Å². The predicted octanol–water partition coefficient (Wildman–Crippen LogP) is 3.44. The van der Waals surface area contributed by atoms with Gasteiger partial charge in [0.25, 0.3) is 0 Å². The first kappa shape index (κ1) is 14.5. The van der Waals surface area contributed by atoms with E-state index in [0.29, 0.717) is 6.42 Å². The number of hydrogen-bond donors (Lipinski definition) is 1. The quantitative estimate of drug-likeness (QED) is 0.639. The van der Waals surface area contributed by atoms with Crippen molar-refractivity contribution in [1.82, 2.24) is 0 Å². The maximum Gasteiger partial charge on any atom is 0.305 e. The molecule has 0 saturated heterocycles. The van der Waals surface area contributed by atoms with Gasteiger partial charge in [-0.05, 0) is 31.4 Å². The van der Waals surface area contributed by atoms with Crippen molar-refractivity contribution in [3.63, 3.8) is 0 Å². The number of rotatable bonds is 6. The molecule has 0 aliphatic heterocycles. The van der Waals surface area contributed by atoms with E-state index in [4.69, 9.17) is 17.3 Å². The summed E-state index contributed by atoms with van der Waals surface area (Å²) in [6.45, 7) is 1.98. The van der Waals surface area contributed by atoms with E-state index in [1.807, 2.05) is 13.0 Å². The van der Waals surface area contributed by atoms with Crippen molar-refractivity contribution in [1.29, 1.82) is 0 Å². The lowest BCUT2D eigenvalue weighted by Crippen LogP contribution is -2.08. The van der Waals surface area contributed by atoms with Crippen molar-refractivity contribution in [2.45, 2.75) is 38.6 Å². The van der Waals surface area contributed by atoms with Crippen LogP contribution in [-0.2, 0) is 9.53 Å². The summed E-state index contributed by atoms with van der Waals surface area (Å²) in [5, 5.41) is 0. The van der Waals surface area contributed by atoms with Crippen molar-refractivity contribution < 1.29 is 9.53 Å². The van der Waals surface area contributed by atoms with Crippen molar-refractivity contribution in [2.24, 2.45) is 5.73 Å². The Bertz CT molecular complexity index is 359. The second kappa shape index (κ2) is 6.99. The molecule has 1 aromatic heterocycles. The van der Waals surface area contributed by atoms with Crippen molar-refractivity contribution in [3.8, 4) is 0 Å². The average molecular weight is 276 g/mol. The molecule has 96 valence electrons. The van der Waals surface area contributed by atoms with Gasteiger partial charge in [-0.1, -0.05) is 18.0 Å². The summed E-state index contributed by atoms with van der Waals surface area (Å²) < 4.78 is 5.39. The van der Waals surface area contributed by atoms with Gasteiger partial charge in [-0.3, -0.25) is 4.79 Å². The number of thiophene rings is 1. The van der Waals surface area contributed by atoms with E-state index in [-0.39, 0.29) is 12.0 Å². The second-order valence-corrected chi connectivity index (χ2v) is 5.72. The molecule has 0 aliphatic carbocycles. The number of halogens is 1. The summed E-state index contributed by atoms with van der Waals surface area (Å²) in [5.74, 6) is -0.159. The number of unbranched alkanes of at least 4 members (excludes halogenated alkanes) is 1. The van der Waals surface area contributed by atoms with Crippen LogP contribution in [-0.4, -0.2) is 13.1 Å². The summed E-state index contributed by atoms with van der Waals surface area (Å²) in [6, 6.07) is 2.06. The zero-order valence-corrected chi connectivity index (χ0v) is 11.7. The molecule has 0 saturated carbocycles. The second-order valence-electron chi connectivity index (χ2n) is 4.03. The Morgan fingerprint density at radius 3 is 2.82 bits per heavy atom. The van der Waals surface area contributed by atoms with E-state index in [2.05, 4.69) is 4.74 Å². The van der Waals surface area contributed by atoms with Crippen LogP contribution in [0.5, 0.6) is 0 Å². The summed E-state index contributed by atoms with van der Waals surface area (Å²) in [6.07, 6.45) is 3.07. The van der Waals surface area contributed by atoms with Gasteiger partial charge in [-0.15, -0.1) is 11.3 Å². The number of methoxy groups -OCH3 is 1. The molecule has 0 bridgehead atoms. The predicted molar refractivity (Wildman–Crippen MR) is 71.5 cm³/mol. The minimum Gasteiger partial charge on any atom is -0.469 e. The third-order valence-corrected chi connectivity index (χ3v) is 4.30. The van der Waals surface area contributed by atoms with Crippen LogP contribution in [0.4, 0.5) is 0 Å². The lowest BCUT2D eigenvalue weighted by molar-refractivity contribution is -0.140. The molecule has 0 amide bonds.